The number of amides is 1. The van der Waals surface area contributed by atoms with E-state index in [9.17, 15) is 4.79 Å². The topological polar surface area (TPSA) is 38.3 Å². The van der Waals surface area contributed by atoms with Crippen LogP contribution >= 0.6 is 0 Å². The lowest BCUT2D eigenvalue weighted by Gasteiger charge is -1.98. The minimum absolute atomic E-state index is 0.216. The maximum atomic E-state index is 10.6. The molecule has 0 aliphatic heterocycles. The molecule has 0 aromatic heterocycles. The second kappa shape index (κ2) is 6.61. The monoisotopic (exact) mass is 153 g/mol. The summed E-state index contributed by atoms with van der Waals surface area (Å²) < 4.78 is 4.58. The molecule has 0 aromatic carbocycles. The number of carbonyl (C=O) groups excluding carboxylic acids is 1. The van der Waals surface area contributed by atoms with Gasteiger partial charge >= 0.3 is 6.09 Å². The van der Waals surface area contributed by atoms with Crippen molar-refractivity contribution in [2.45, 2.75) is 0 Å². The van der Waals surface area contributed by atoms with Crippen LogP contribution in [0.15, 0.2) is 37.6 Å². The largest absolute Gasteiger partial charge is 0.445 e. The highest BCUT2D eigenvalue weighted by molar-refractivity contribution is 5.68. The molecule has 0 rings (SSSR count). The second-order valence-corrected chi connectivity index (χ2v) is 1.63. The average molecular weight is 153 g/mol. The Kier molecular flexibility index (Phi) is 5.70. The summed E-state index contributed by atoms with van der Waals surface area (Å²) in [6.07, 6.45) is 5.58. The van der Waals surface area contributed by atoms with Crippen molar-refractivity contribution >= 4 is 6.09 Å². The smallest absolute Gasteiger partial charge is 0.411 e. The molecule has 60 valence electrons. The first-order chi connectivity index (χ1) is 5.31. The van der Waals surface area contributed by atoms with Crippen molar-refractivity contribution in [3.63, 3.8) is 0 Å². The van der Waals surface area contributed by atoms with Gasteiger partial charge in [-0.2, -0.15) is 0 Å². The standard InChI is InChI=1S/C8H11NO2/c1-3-5-6-9-8(10)11-7-4-2/h3-6H,1-2,7H2,(H,9,10). The van der Waals surface area contributed by atoms with Gasteiger partial charge < -0.3 is 4.74 Å². The van der Waals surface area contributed by atoms with Crippen LogP contribution in [-0.2, 0) is 4.74 Å². The number of carbonyl (C=O) groups is 1. The number of hydrogen-bond donors (Lipinski definition) is 1. The minimum Gasteiger partial charge on any atom is -0.445 e. The van der Waals surface area contributed by atoms with Crippen LogP contribution in [0.1, 0.15) is 0 Å². The third kappa shape index (κ3) is 6.37. The van der Waals surface area contributed by atoms with Crippen LogP contribution in [0, 0.1) is 0 Å². The predicted molar refractivity (Wildman–Crippen MR) is 44.0 cm³/mol. The first-order valence-corrected chi connectivity index (χ1v) is 3.13. The Bertz CT molecular complexity index is 173. The van der Waals surface area contributed by atoms with E-state index in [1.165, 1.54) is 12.3 Å². The zero-order valence-corrected chi connectivity index (χ0v) is 6.25. The first-order valence-electron chi connectivity index (χ1n) is 3.13. The van der Waals surface area contributed by atoms with Crippen molar-refractivity contribution in [1.29, 1.82) is 0 Å². The highest BCUT2D eigenvalue weighted by Crippen LogP contribution is 1.78. The van der Waals surface area contributed by atoms with Crippen molar-refractivity contribution in [3.05, 3.63) is 37.6 Å². The first kappa shape index (κ1) is 9.49. The average Bonchev–Trinajstić information content (AvgIpc) is 2.01. The van der Waals surface area contributed by atoms with Crippen LogP contribution in [0.25, 0.3) is 0 Å². The van der Waals surface area contributed by atoms with Crippen LogP contribution < -0.4 is 5.32 Å². The molecule has 0 saturated heterocycles. The highest BCUT2D eigenvalue weighted by Gasteiger charge is 1.93. The van der Waals surface area contributed by atoms with E-state index in [0.29, 0.717) is 0 Å². The van der Waals surface area contributed by atoms with Crippen molar-refractivity contribution < 1.29 is 9.53 Å². The Morgan fingerprint density at radius 3 is 2.82 bits per heavy atom. The molecule has 0 bridgehead atoms. The van der Waals surface area contributed by atoms with E-state index in [0.717, 1.165) is 0 Å². The van der Waals surface area contributed by atoms with Gasteiger partial charge in [0, 0.05) is 6.20 Å². The molecule has 0 heterocycles. The molecule has 0 fully saturated rings. The van der Waals surface area contributed by atoms with Crippen molar-refractivity contribution in [2.75, 3.05) is 6.61 Å². The van der Waals surface area contributed by atoms with Crippen LogP contribution in [-0.4, -0.2) is 12.7 Å². The summed E-state index contributed by atoms with van der Waals surface area (Å²) in [7, 11) is 0. The van der Waals surface area contributed by atoms with E-state index in [1.54, 1.807) is 12.2 Å². The van der Waals surface area contributed by atoms with Gasteiger partial charge in [0.25, 0.3) is 0 Å². The summed E-state index contributed by atoms with van der Waals surface area (Å²) in [6.45, 7) is 7.03. The third-order valence-electron chi connectivity index (χ3n) is 0.766. The molecular weight excluding hydrogens is 142 g/mol. The molecule has 0 saturated carbocycles. The maximum absolute atomic E-state index is 10.6. The molecule has 11 heavy (non-hydrogen) atoms. The number of ether oxygens (including phenoxy) is 1. The molecule has 0 aliphatic rings. The van der Waals surface area contributed by atoms with Gasteiger partial charge in [0.1, 0.15) is 6.61 Å². The van der Waals surface area contributed by atoms with E-state index < -0.39 is 6.09 Å². The van der Waals surface area contributed by atoms with Gasteiger partial charge in [-0.05, 0) is 6.08 Å². The zero-order chi connectivity index (χ0) is 8.53. The Morgan fingerprint density at radius 1 is 1.55 bits per heavy atom. The molecule has 0 unspecified atom stereocenters. The number of alkyl carbamates (subject to hydrolysis) is 1. The lowest BCUT2D eigenvalue weighted by molar-refractivity contribution is 0.162. The number of hydrogen-bond acceptors (Lipinski definition) is 2. The summed E-state index contributed by atoms with van der Waals surface area (Å²) in [5.41, 5.74) is 0. The van der Waals surface area contributed by atoms with E-state index in [1.807, 2.05) is 0 Å². The molecule has 1 N–H and O–H groups in total. The van der Waals surface area contributed by atoms with Gasteiger partial charge in [-0.25, -0.2) is 4.79 Å². The normalized spacial score (nSPS) is 9.09. The predicted octanol–water partition coefficient (Wildman–Crippen LogP) is 1.60. The zero-order valence-electron chi connectivity index (χ0n) is 6.25. The van der Waals surface area contributed by atoms with Gasteiger partial charge in [-0.1, -0.05) is 25.3 Å². The van der Waals surface area contributed by atoms with E-state index in [2.05, 4.69) is 23.2 Å². The van der Waals surface area contributed by atoms with E-state index in [4.69, 9.17) is 0 Å². The summed E-state index contributed by atoms with van der Waals surface area (Å²) in [6, 6.07) is 0. The minimum atomic E-state index is -0.497. The number of nitrogens with one attached hydrogen (secondary N) is 1. The number of allylic oxidation sites excluding steroid dienone is 2. The SMILES string of the molecule is C=CC=CNC(=O)OCC=C. The Labute approximate surface area is 66.0 Å². The maximum Gasteiger partial charge on any atom is 0.411 e. The van der Waals surface area contributed by atoms with Crippen LogP contribution in [0.4, 0.5) is 4.79 Å². The van der Waals surface area contributed by atoms with Crippen molar-refractivity contribution in [3.8, 4) is 0 Å². The quantitative estimate of drug-likeness (QED) is 0.492. The molecule has 0 aliphatic carbocycles. The fourth-order valence-corrected chi connectivity index (χ4v) is 0.360. The molecular formula is C8H11NO2. The summed E-state index contributed by atoms with van der Waals surface area (Å²) in [5, 5.41) is 2.36. The van der Waals surface area contributed by atoms with Gasteiger partial charge in [0.2, 0.25) is 0 Å². The van der Waals surface area contributed by atoms with Gasteiger partial charge in [-0.3, -0.25) is 5.32 Å². The van der Waals surface area contributed by atoms with Crippen molar-refractivity contribution in [1.82, 2.24) is 5.32 Å². The van der Waals surface area contributed by atoms with Crippen LogP contribution in [0.5, 0.6) is 0 Å². The Balaban J connectivity index is 3.44. The molecule has 0 atom stereocenters. The summed E-state index contributed by atoms with van der Waals surface area (Å²) in [4.78, 5) is 10.6. The van der Waals surface area contributed by atoms with Crippen LogP contribution in [0.2, 0.25) is 0 Å². The molecule has 0 aromatic rings. The van der Waals surface area contributed by atoms with Gasteiger partial charge in [-0.15, -0.1) is 0 Å². The lowest BCUT2D eigenvalue weighted by atomic mass is 10.6. The van der Waals surface area contributed by atoms with Crippen LogP contribution in [0.3, 0.4) is 0 Å². The van der Waals surface area contributed by atoms with Gasteiger partial charge in [0.05, 0.1) is 0 Å². The fourth-order valence-electron chi connectivity index (χ4n) is 0.360. The summed E-state index contributed by atoms with van der Waals surface area (Å²) in [5.74, 6) is 0. The number of rotatable bonds is 4. The fraction of sp³-hybridized carbons (Fsp3) is 0.125. The molecule has 0 radical (unpaired) electrons. The van der Waals surface area contributed by atoms with E-state index >= 15 is 0 Å². The molecule has 0 spiro atoms. The third-order valence-corrected chi connectivity index (χ3v) is 0.766. The van der Waals surface area contributed by atoms with E-state index in [-0.39, 0.29) is 6.61 Å². The Hall–Kier alpha value is -1.51. The molecule has 3 nitrogen and oxygen atoms in total. The Morgan fingerprint density at radius 2 is 2.27 bits per heavy atom. The second-order valence-electron chi connectivity index (χ2n) is 1.63. The van der Waals surface area contributed by atoms with Gasteiger partial charge in [0.15, 0.2) is 0 Å². The molecule has 1 amide bonds. The lowest BCUT2D eigenvalue weighted by Crippen LogP contribution is -2.18. The highest BCUT2D eigenvalue weighted by atomic mass is 16.5. The van der Waals surface area contributed by atoms with Crippen molar-refractivity contribution in [2.24, 2.45) is 0 Å². The molecule has 3 heteroatoms. The summed E-state index contributed by atoms with van der Waals surface area (Å²) >= 11 is 0.